The molecule has 0 radical (unpaired) electrons. The molecule has 9 nitrogen and oxygen atoms in total. The number of Topliss-reactive ketones (excluding diaryl/α,β-unsaturated/α-hetero) is 1. The lowest BCUT2D eigenvalue weighted by molar-refractivity contribution is -0.140. The third kappa shape index (κ3) is 5.96. The van der Waals surface area contributed by atoms with Gasteiger partial charge in [0.05, 0.1) is 37.1 Å². The van der Waals surface area contributed by atoms with E-state index < -0.39 is 5.97 Å². The first kappa shape index (κ1) is 31.6. The van der Waals surface area contributed by atoms with Crippen LogP contribution in [0.2, 0.25) is 0 Å². The van der Waals surface area contributed by atoms with Gasteiger partial charge in [-0.05, 0) is 80.1 Å². The molecule has 2 aromatic carbocycles. The topological polar surface area (TPSA) is 101 Å². The lowest BCUT2D eigenvalue weighted by Gasteiger charge is -2.35. The minimum Gasteiger partial charge on any atom is -0.497 e. The summed E-state index contributed by atoms with van der Waals surface area (Å²) in [5.41, 5.74) is 5.48. The third-order valence-corrected chi connectivity index (χ3v) is 9.40. The number of carboxylic acid groups (broad SMARTS) is 1. The van der Waals surface area contributed by atoms with E-state index in [1.165, 1.54) is 12.0 Å². The minimum absolute atomic E-state index is 0.0839. The van der Waals surface area contributed by atoms with Crippen molar-refractivity contribution in [2.45, 2.75) is 70.6 Å². The number of morpholine rings is 1. The number of benzene rings is 2. The Bertz CT molecular complexity index is 1750. The predicted molar refractivity (Wildman–Crippen MR) is 178 cm³/mol. The van der Waals surface area contributed by atoms with Crippen LogP contribution in [0.4, 0.5) is 0 Å². The number of aromatic nitrogens is 1. The molecule has 2 aliphatic heterocycles. The molecule has 2 fully saturated rings. The fourth-order valence-corrected chi connectivity index (χ4v) is 7.47. The van der Waals surface area contributed by atoms with E-state index in [1.54, 1.807) is 49.3 Å². The lowest BCUT2D eigenvalue weighted by atomic mass is 9.81. The molecule has 1 amide bonds. The predicted octanol–water partition coefficient (Wildman–Crippen LogP) is 6.11. The van der Waals surface area contributed by atoms with Gasteiger partial charge in [0, 0.05) is 55.4 Å². The smallest absolute Gasteiger partial charge is 0.335 e. The van der Waals surface area contributed by atoms with Crippen LogP contribution in [0.5, 0.6) is 5.75 Å². The lowest BCUT2D eigenvalue weighted by Crippen LogP contribution is -2.49. The Morgan fingerprint density at radius 2 is 1.72 bits per heavy atom. The van der Waals surface area contributed by atoms with Gasteiger partial charge in [0.15, 0.2) is 5.78 Å². The number of carbonyl (C=O) groups is 3. The molecule has 9 heteroatoms. The first-order chi connectivity index (χ1) is 22.0. The van der Waals surface area contributed by atoms with E-state index >= 15 is 0 Å². The second-order valence-corrected chi connectivity index (χ2v) is 13.1. The number of hydrogen-bond donors (Lipinski definition) is 1. The molecular formula is C37H43N3O6. The molecular weight excluding hydrogens is 582 g/mol. The van der Waals surface area contributed by atoms with E-state index in [1.807, 2.05) is 44.2 Å². The van der Waals surface area contributed by atoms with Gasteiger partial charge in [-0.15, -0.1) is 0 Å². The van der Waals surface area contributed by atoms with Crippen LogP contribution in [0.1, 0.15) is 73.4 Å². The van der Waals surface area contributed by atoms with Gasteiger partial charge >= 0.3 is 5.97 Å². The van der Waals surface area contributed by atoms with Gasteiger partial charge in [0.25, 0.3) is 5.91 Å². The molecule has 0 spiro atoms. The van der Waals surface area contributed by atoms with Gasteiger partial charge in [-0.25, -0.2) is 4.79 Å². The standard InChI is InChI=1S/C37H43N3O6/c1-22-18-39(19-23(2)46-22)36(42)31(21-38(3)4)35(41)27-15-26-16-28(45-5)12-14-29(26)34-33(24-9-7-6-8-10-24)30-13-11-25(37(43)44)17-32(30)40(34)20-27/h11-17,21-24H,6-10,18-20H2,1-5H3,(H,43,44)/b31-21+/t22-,23+. The zero-order chi connectivity index (χ0) is 32.7. The number of amides is 1. The van der Waals surface area contributed by atoms with Crippen LogP contribution in [0.25, 0.3) is 28.2 Å². The average molecular weight is 626 g/mol. The molecule has 242 valence electrons. The first-order valence-electron chi connectivity index (χ1n) is 16.2. The van der Waals surface area contributed by atoms with E-state index in [4.69, 9.17) is 9.47 Å². The Labute approximate surface area is 270 Å². The molecule has 1 saturated carbocycles. The molecule has 6 rings (SSSR count). The van der Waals surface area contributed by atoms with E-state index in [2.05, 4.69) is 4.57 Å². The van der Waals surface area contributed by atoms with Crippen molar-refractivity contribution in [1.29, 1.82) is 0 Å². The summed E-state index contributed by atoms with van der Waals surface area (Å²) in [6.45, 7) is 4.84. The SMILES string of the molecule is COc1ccc2c(c1)C=C(C(=O)/C(=C\N(C)C)C(=O)N1C[C@@H](C)O[C@@H](C)C1)Cn1c-2c(C2CCCCC2)c2ccc(C(=O)O)cc21. The van der Waals surface area contributed by atoms with Crippen molar-refractivity contribution in [2.24, 2.45) is 0 Å². The number of nitrogens with zero attached hydrogens (tertiary/aromatic N) is 3. The zero-order valence-electron chi connectivity index (χ0n) is 27.3. The van der Waals surface area contributed by atoms with E-state index in [0.29, 0.717) is 30.3 Å². The highest BCUT2D eigenvalue weighted by molar-refractivity contribution is 6.26. The summed E-state index contributed by atoms with van der Waals surface area (Å²) < 4.78 is 13.6. The fourth-order valence-electron chi connectivity index (χ4n) is 7.47. The molecule has 3 aromatic rings. The molecule has 2 atom stereocenters. The van der Waals surface area contributed by atoms with Crippen molar-refractivity contribution in [3.8, 4) is 17.0 Å². The number of fused-ring (bicyclic) bond motifs is 5. The van der Waals surface area contributed by atoms with Crippen LogP contribution < -0.4 is 4.74 Å². The highest BCUT2D eigenvalue weighted by atomic mass is 16.5. The summed E-state index contributed by atoms with van der Waals surface area (Å²) in [5, 5.41) is 11.0. The summed E-state index contributed by atoms with van der Waals surface area (Å²) in [6, 6.07) is 11.2. The second-order valence-electron chi connectivity index (χ2n) is 13.1. The van der Waals surface area contributed by atoms with Gasteiger partial charge in [-0.2, -0.15) is 0 Å². The zero-order valence-corrected chi connectivity index (χ0v) is 27.3. The van der Waals surface area contributed by atoms with E-state index in [9.17, 15) is 19.5 Å². The van der Waals surface area contributed by atoms with Crippen molar-refractivity contribution >= 4 is 34.6 Å². The normalized spacial score (nSPS) is 20.4. The van der Waals surface area contributed by atoms with Crippen molar-refractivity contribution in [3.05, 3.63) is 70.4 Å². The summed E-state index contributed by atoms with van der Waals surface area (Å²) in [5.74, 6) is -0.715. The van der Waals surface area contributed by atoms with Gasteiger partial charge in [0.1, 0.15) is 11.3 Å². The molecule has 1 aromatic heterocycles. The number of carbonyl (C=O) groups excluding carboxylic acids is 2. The van der Waals surface area contributed by atoms with Crippen LogP contribution in [-0.4, -0.2) is 83.6 Å². The van der Waals surface area contributed by atoms with Gasteiger partial charge in [-0.3, -0.25) is 9.59 Å². The van der Waals surface area contributed by atoms with Gasteiger partial charge in [0.2, 0.25) is 0 Å². The minimum atomic E-state index is -1.00. The van der Waals surface area contributed by atoms with Crippen molar-refractivity contribution in [2.75, 3.05) is 34.3 Å². The Morgan fingerprint density at radius 1 is 1.00 bits per heavy atom. The van der Waals surface area contributed by atoms with Crippen molar-refractivity contribution < 1.29 is 29.0 Å². The summed E-state index contributed by atoms with van der Waals surface area (Å²) in [6.07, 6.45) is 8.80. The van der Waals surface area contributed by atoms with Crippen LogP contribution in [0.3, 0.4) is 0 Å². The monoisotopic (exact) mass is 625 g/mol. The van der Waals surface area contributed by atoms with E-state index in [-0.39, 0.29) is 41.6 Å². The Balaban J connectivity index is 1.55. The van der Waals surface area contributed by atoms with Crippen LogP contribution >= 0.6 is 0 Å². The molecule has 1 aliphatic carbocycles. The third-order valence-electron chi connectivity index (χ3n) is 9.40. The van der Waals surface area contributed by atoms with Gasteiger partial charge in [-0.1, -0.05) is 25.3 Å². The quantitative estimate of drug-likeness (QED) is 0.192. The first-order valence-corrected chi connectivity index (χ1v) is 16.2. The maximum Gasteiger partial charge on any atom is 0.335 e. The summed E-state index contributed by atoms with van der Waals surface area (Å²) in [4.78, 5) is 44.3. The molecule has 1 N–H and O–H groups in total. The van der Waals surface area contributed by atoms with E-state index in [0.717, 1.165) is 53.4 Å². The fraction of sp³-hybridized carbons (Fsp3) is 0.432. The number of ketones is 1. The maximum absolute atomic E-state index is 14.6. The number of allylic oxidation sites excluding steroid dienone is 1. The highest BCUT2D eigenvalue weighted by Crippen LogP contribution is 2.47. The molecule has 3 aliphatic rings. The van der Waals surface area contributed by atoms with Crippen molar-refractivity contribution in [1.82, 2.24) is 14.4 Å². The number of carboxylic acids is 1. The van der Waals surface area contributed by atoms with Crippen LogP contribution in [-0.2, 0) is 20.9 Å². The molecule has 1 saturated heterocycles. The number of aromatic carboxylic acids is 1. The van der Waals surface area contributed by atoms with Gasteiger partial charge < -0.3 is 28.9 Å². The number of hydrogen-bond acceptors (Lipinski definition) is 6. The number of rotatable bonds is 7. The average Bonchev–Trinajstić information content (AvgIpc) is 3.25. The summed E-state index contributed by atoms with van der Waals surface area (Å²) >= 11 is 0. The Hall–Kier alpha value is -4.37. The molecule has 46 heavy (non-hydrogen) atoms. The summed E-state index contributed by atoms with van der Waals surface area (Å²) in [7, 11) is 5.22. The highest BCUT2D eigenvalue weighted by Gasteiger charge is 2.35. The largest absolute Gasteiger partial charge is 0.497 e. The second kappa shape index (κ2) is 12.8. The van der Waals surface area contributed by atoms with Crippen LogP contribution in [0.15, 0.2) is 53.7 Å². The number of ether oxygens (including phenoxy) is 2. The molecule has 3 heterocycles. The molecule has 0 unspecified atom stereocenters. The maximum atomic E-state index is 14.6. The van der Waals surface area contributed by atoms with Crippen LogP contribution in [0, 0.1) is 0 Å². The molecule has 0 bridgehead atoms. The Kier molecular flexibility index (Phi) is 8.79. The van der Waals surface area contributed by atoms with Crippen molar-refractivity contribution in [3.63, 3.8) is 0 Å². The number of methoxy groups -OCH3 is 1. The Morgan fingerprint density at radius 3 is 2.37 bits per heavy atom.